The van der Waals surface area contributed by atoms with Crippen molar-refractivity contribution in [3.63, 3.8) is 0 Å². The minimum absolute atomic E-state index is 0.232. The van der Waals surface area contributed by atoms with Crippen LogP contribution in [0.15, 0.2) is 59.7 Å². The largest absolute Gasteiger partial charge is 0.318 e. The van der Waals surface area contributed by atoms with E-state index >= 15 is 0 Å². The van der Waals surface area contributed by atoms with Crippen molar-refractivity contribution < 1.29 is 4.79 Å². The van der Waals surface area contributed by atoms with Crippen LogP contribution in [0.5, 0.6) is 0 Å². The van der Waals surface area contributed by atoms with Crippen LogP contribution in [0.25, 0.3) is 5.69 Å². The number of hydrogen-bond donors (Lipinski definition) is 1. The zero-order chi connectivity index (χ0) is 18.7. The molecule has 5 heteroatoms. The summed E-state index contributed by atoms with van der Waals surface area (Å²) in [5, 5.41) is 4.79. The lowest BCUT2D eigenvalue weighted by molar-refractivity contribution is 0.0955. The number of amides is 1. The molecule has 132 valence electrons. The Morgan fingerprint density at radius 3 is 2.50 bits per heavy atom. The third-order valence-corrected chi connectivity index (χ3v) is 4.46. The second-order valence-corrected chi connectivity index (χ2v) is 6.64. The lowest BCUT2D eigenvalue weighted by atomic mass is 10.1. The number of nitrogens with one attached hydrogen (secondary N) is 1. The van der Waals surface area contributed by atoms with E-state index in [1.54, 1.807) is 18.3 Å². The fourth-order valence-electron chi connectivity index (χ4n) is 2.86. The van der Waals surface area contributed by atoms with Crippen LogP contribution in [-0.4, -0.2) is 16.7 Å². The molecule has 3 rings (SSSR count). The molecule has 0 spiro atoms. The van der Waals surface area contributed by atoms with Crippen molar-refractivity contribution in [1.82, 2.24) is 9.99 Å². The molecule has 0 saturated carbocycles. The highest BCUT2D eigenvalue weighted by atomic mass is 35.5. The molecule has 1 aromatic heterocycles. The van der Waals surface area contributed by atoms with Crippen LogP contribution < -0.4 is 5.43 Å². The van der Waals surface area contributed by atoms with Crippen LogP contribution >= 0.6 is 11.6 Å². The maximum absolute atomic E-state index is 12.1. The molecule has 1 amide bonds. The first-order valence-electron chi connectivity index (χ1n) is 8.30. The fourth-order valence-corrected chi connectivity index (χ4v) is 3.05. The highest BCUT2D eigenvalue weighted by Crippen LogP contribution is 2.22. The number of carbonyl (C=O) groups excluding carboxylic acids is 1. The molecule has 0 saturated heterocycles. The van der Waals surface area contributed by atoms with Gasteiger partial charge >= 0.3 is 0 Å². The van der Waals surface area contributed by atoms with Crippen molar-refractivity contribution in [3.05, 3.63) is 87.7 Å². The second kappa shape index (κ2) is 7.58. The summed E-state index contributed by atoms with van der Waals surface area (Å²) in [5.74, 6) is -0.232. The summed E-state index contributed by atoms with van der Waals surface area (Å²) >= 11 is 6.11. The van der Waals surface area contributed by atoms with Crippen LogP contribution in [0.3, 0.4) is 0 Å². The number of hydrogen-bond acceptors (Lipinski definition) is 2. The number of rotatable bonds is 4. The minimum Gasteiger partial charge on any atom is -0.318 e. The maximum atomic E-state index is 12.1. The monoisotopic (exact) mass is 365 g/mol. The summed E-state index contributed by atoms with van der Waals surface area (Å²) in [6, 6.07) is 17.1. The minimum atomic E-state index is -0.232. The van der Waals surface area contributed by atoms with Gasteiger partial charge in [-0.3, -0.25) is 4.79 Å². The van der Waals surface area contributed by atoms with Crippen LogP contribution in [0, 0.1) is 20.8 Å². The van der Waals surface area contributed by atoms with Crippen LogP contribution in [0.1, 0.15) is 32.9 Å². The first kappa shape index (κ1) is 18.0. The maximum Gasteiger partial charge on any atom is 0.271 e. The van der Waals surface area contributed by atoms with Gasteiger partial charge in [-0.2, -0.15) is 5.10 Å². The first-order valence-corrected chi connectivity index (χ1v) is 8.68. The van der Waals surface area contributed by atoms with Crippen LogP contribution in [-0.2, 0) is 0 Å². The predicted molar refractivity (Wildman–Crippen MR) is 106 cm³/mol. The zero-order valence-electron chi connectivity index (χ0n) is 15.0. The topological polar surface area (TPSA) is 46.4 Å². The predicted octanol–water partition coefficient (Wildman–Crippen LogP) is 4.82. The molecule has 0 aliphatic rings. The average molecular weight is 366 g/mol. The molecule has 26 heavy (non-hydrogen) atoms. The average Bonchev–Trinajstić information content (AvgIpc) is 2.89. The molecule has 4 nitrogen and oxygen atoms in total. The number of benzene rings is 2. The van der Waals surface area contributed by atoms with Crippen molar-refractivity contribution >= 4 is 23.7 Å². The Bertz CT molecular complexity index is 971. The van der Waals surface area contributed by atoms with Crippen LogP contribution in [0.4, 0.5) is 0 Å². The highest BCUT2D eigenvalue weighted by molar-refractivity contribution is 6.30. The van der Waals surface area contributed by atoms with E-state index in [0.29, 0.717) is 10.6 Å². The number of aryl methyl sites for hydroxylation is 2. The molecule has 1 heterocycles. The van der Waals surface area contributed by atoms with Crippen molar-refractivity contribution in [1.29, 1.82) is 0 Å². The summed E-state index contributed by atoms with van der Waals surface area (Å²) in [5.41, 5.74) is 8.29. The van der Waals surface area contributed by atoms with Gasteiger partial charge in [0.1, 0.15) is 0 Å². The Hall–Kier alpha value is -2.85. The van der Waals surface area contributed by atoms with Gasteiger partial charge in [-0.05, 0) is 57.2 Å². The van der Waals surface area contributed by atoms with Crippen molar-refractivity contribution in [3.8, 4) is 5.69 Å². The molecule has 2 aromatic carbocycles. The molecular formula is C21H20ClN3O. The van der Waals surface area contributed by atoms with Crippen molar-refractivity contribution in [2.24, 2.45) is 5.10 Å². The Morgan fingerprint density at radius 2 is 1.81 bits per heavy atom. The number of carbonyl (C=O) groups is 1. The van der Waals surface area contributed by atoms with E-state index in [-0.39, 0.29) is 5.91 Å². The van der Waals surface area contributed by atoms with Gasteiger partial charge in [-0.1, -0.05) is 35.4 Å². The van der Waals surface area contributed by atoms with Gasteiger partial charge in [-0.15, -0.1) is 0 Å². The molecule has 0 radical (unpaired) electrons. The van der Waals surface area contributed by atoms with Crippen molar-refractivity contribution in [2.45, 2.75) is 20.8 Å². The summed E-state index contributed by atoms with van der Waals surface area (Å²) in [4.78, 5) is 12.1. The molecule has 1 N–H and O–H groups in total. The third kappa shape index (κ3) is 3.86. The van der Waals surface area contributed by atoms with Gasteiger partial charge < -0.3 is 4.57 Å². The number of aromatic nitrogens is 1. The van der Waals surface area contributed by atoms with Gasteiger partial charge in [0.25, 0.3) is 5.91 Å². The van der Waals surface area contributed by atoms with E-state index in [1.807, 2.05) is 63.2 Å². The van der Waals surface area contributed by atoms with E-state index in [0.717, 1.165) is 28.2 Å². The second-order valence-electron chi connectivity index (χ2n) is 6.21. The van der Waals surface area contributed by atoms with Gasteiger partial charge in [0, 0.05) is 33.2 Å². The zero-order valence-corrected chi connectivity index (χ0v) is 15.7. The first-order chi connectivity index (χ1) is 12.5. The molecule has 3 aromatic rings. The Labute approximate surface area is 158 Å². The van der Waals surface area contributed by atoms with E-state index in [9.17, 15) is 4.79 Å². The number of hydrazone groups is 1. The number of halogens is 1. The quantitative estimate of drug-likeness (QED) is 0.523. The molecular weight excluding hydrogens is 346 g/mol. The van der Waals surface area contributed by atoms with E-state index in [1.165, 1.54) is 0 Å². The van der Waals surface area contributed by atoms with Crippen LogP contribution in [0.2, 0.25) is 5.02 Å². The lowest BCUT2D eigenvalue weighted by Crippen LogP contribution is -2.17. The molecule has 0 aliphatic heterocycles. The number of nitrogens with zero attached hydrogens (tertiary/aromatic N) is 2. The summed E-state index contributed by atoms with van der Waals surface area (Å²) in [6.07, 6.45) is 1.66. The summed E-state index contributed by atoms with van der Waals surface area (Å²) in [7, 11) is 0. The van der Waals surface area contributed by atoms with Crippen molar-refractivity contribution in [2.75, 3.05) is 0 Å². The third-order valence-electron chi connectivity index (χ3n) is 4.22. The van der Waals surface area contributed by atoms with Gasteiger partial charge in [0.2, 0.25) is 0 Å². The van der Waals surface area contributed by atoms with E-state index in [2.05, 4.69) is 15.1 Å². The fraction of sp³-hybridized carbons (Fsp3) is 0.143. The SMILES string of the molecule is Cc1ccc(C(=O)N/N=C\c2cc(C)n(-c3cccc(Cl)c3)c2C)cc1. The molecule has 0 aliphatic carbocycles. The molecule has 0 bridgehead atoms. The normalized spacial score (nSPS) is 11.1. The highest BCUT2D eigenvalue weighted by Gasteiger charge is 2.10. The Morgan fingerprint density at radius 1 is 1.08 bits per heavy atom. The van der Waals surface area contributed by atoms with E-state index < -0.39 is 0 Å². The standard InChI is InChI=1S/C21H20ClN3O/c1-14-7-9-17(10-8-14)21(26)24-23-13-18-11-15(2)25(16(18)3)20-6-4-5-19(22)12-20/h4-13H,1-3H3,(H,24,26)/b23-13-. The van der Waals surface area contributed by atoms with Gasteiger partial charge in [0.15, 0.2) is 0 Å². The molecule has 0 fully saturated rings. The van der Waals surface area contributed by atoms with Gasteiger partial charge in [0.05, 0.1) is 6.21 Å². The Kier molecular flexibility index (Phi) is 5.24. The lowest BCUT2D eigenvalue weighted by Gasteiger charge is -2.09. The summed E-state index contributed by atoms with van der Waals surface area (Å²) in [6.45, 7) is 6.02. The van der Waals surface area contributed by atoms with Gasteiger partial charge in [-0.25, -0.2) is 5.43 Å². The van der Waals surface area contributed by atoms with E-state index in [4.69, 9.17) is 11.6 Å². The summed E-state index contributed by atoms with van der Waals surface area (Å²) < 4.78 is 2.11. The smallest absolute Gasteiger partial charge is 0.271 e. The Balaban J connectivity index is 1.78. The molecule has 0 atom stereocenters. The molecule has 0 unspecified atom stereocenters.